The molecule has 0 spiro atoms. The van der Waals surface area contributed by atoms with Crippen molar-refractivity contribution < 1.29 is 9.72 Å². The lowest BCUT2D eigenvalue weighted by Crippen LogP contribution is -2.40. The van der Waals surface area contributed by atoms with Crippen LogP contribution in [0, 0.1) is 24.0 Å². The number of nitro groups is 1. The number of benzene rings is 3. The molecule has 4 rings (SSSR count). The summed E-state index contributed by atoms with van der Waals surface area (Å²) in [6.07, 6.45) is 0.727. The van der Waals surface area contributed by atoms with Gasteiger partial charge in [0, 0.05) is 35.1 Å². The summed E-state index contributed by atoms with van der Waals surface area (Å²) < 4.78 is 0. The third kappa shape index (κ3) is 4.14. The van der Waals surface area contributed by atoms with Crippen molar-refractivity contribution in [2.45, 2.75) is 39.3 Å². The molecule has 0 bridgehead atoms. The van der Waals surface area contributed by atoms with Gasteiger partial charge in [0.1, 0.15) is 0 Å². The van der Waals surface area contributed by atoms with E-state index in [9.17, 15) is 14.9 Å². The Morgan fingerprint density at radius 3 is 2.29 bits per heavy atom. The summed E-state index contributed by atoms with van der Waals surface area (Å²) in [6.45, 7) is 6.12. The van der Waals surface area contributed by atoms with E-state index in [-0.39, 0.29) is 23.7 Å². The van der Waals surface area contributed by atoms with Crippen LogP contribution >= 0.6 is 0 Å². The number of nitrogens with zero attached hydrogens (tertiary/aromatic N) is 2. The fourth-order valence-corrected chi connectivity index (χ4v) is 4.13. The second-order valence-electron chi connectivity index (χ2n) is 8.20. The van der Waals surface area contributed by atoms with E-state index in [1.54, 1.807) is 17.0 Å². The number of amides is 1. The molecule has 1 aliphatic rings. The summed E-state index contributed by atoms with van der Waals surface area (Å²) in [7, 11) is 0. The number of nitrogens with one attached hydrogen (secondary N) is 1. The Labute approximate surface area is 181 Å². The van der Waals surface area contributed by atoms with Crippen molar-refractivity contribution in [2.75, 3.05) is 10.2 Å². The molecule has 1 N–H and O–H groups in total. The second kappa shape index (κ2) is 8.22. The average molecular weight is 415 g/mol. The minimum atomic E-state index is -0.430. The highest BCUT2D eigenvalue weighted by molar-refractivity contribution is 6.07. The van der Waals surface area contributed by atoms with Crippen molar-refractivity contribution in [3.8, 4) is 0 Å². The average Bonchev–Trinajstić information content (AvgIpc) is 2.74. The van der Waals surface area contributed by atoms with E-state index < -0.39 is 4.92 Å². The summed E-state index contributed by atoms with van der Waals surface area (Å²) in [5.41, 5.74) is 5.52. The molecule has 0 fully saturated rings. The van der Waals surface area contributed by atoms with Crippen molar-refractivity contribution in [1.82, 2.24) is 0 Å². The highest BCUT2D eigenvalue weighted by Crippen LogP contribution is 2.40. The molecule has 2 atom stereocenters. The third-order valence-electron chi connectivity index (χ3n) is 5.71. The van der Waals surface area contributed by atoms with Gasteiger partial charge in [-0.25, -0.2) is 0 Å². The number of anilines is 2. The predicted molar refractivity (Wildman–Crippen MR) is 123 cm³/mol. The van der Waals surface area contributed by atoms with Gasteiger partial charge >= 0.3 is 0 Å². The first-order valence-electron chi connectivity index (χ1n) is 10.4. The number of non-ortho nitro benzene ring substituents is 1. The largest absolute Gasteiger partial charge is 0.382 e. The highest BCUT2D eigenvalue weighted by Gasteiger charge is 2.33. The summed E-state index contributed by atoms with van der Waals surface area (Å²) in [6, 6.07) is 19.9. The molecule has 2 unspecified atom stereocenters. The van der Waals surface area contributed by atoms with Crippen LogP contribution < -0.4 is 10.2 Å². The predicted octanol–water partition coefficient (Wildman–Crippen LogP) is 5.80. The Hall–Kier alpha value is -3.67. The van der Waals surface area contributed by atoms with Crippen LogP contribution in [0.4, 0.5) is 17.1 Å². The maximum absolute atomic E-state index is 13.7. The van der Waals surface area contributed by atoms with Gasteiger partial charge in [-0.1, -0.05) is 29.8 Å². The lowest BCUT2D eigenvalue weighted by molar-refractivity contribution is -0.384. The molecule has 0 aliphatic carbocycles. The fourth-order valence-electron chi connectivity index (χ4n) is 4.13. The highest BCUT2D eigenvalue weighted by atomic mass is 16.6. The van der Waals surface area contributed by atoms with Crippen molar-refractivity contribution in [2.24, 2.45) is 0 Å². The van der Waals surface area contributed by atoms with Crippen molar-refractivity contribution in [3.63, 3.8) is 0 Å². The molecule has 0 saturated heterocycles. The van der Waals surface area contributed by atoms with E-state index in [1.165, 1.54) is 12.1 Å². The lowest BCUT2D eigenvalue weighted by atomic mass is 9.90. The zero-order valence-electron chi connectivity index (χ0n) is 17.8. The SMILES string of the molecule is Cc1ccc(C(=O)N(c2ccc([N+](=O)[O-])cc2)C2CC(C)Nc3cc(C)ccc32)cc1. The molecule has 6 heteroatoms. The summed E-state index contributed by atoms with van der Waals surface area (Å²) in [4.78, 5) is 26.2. The van der Waals surface area contributed by atoms with E-state index >= 15 is 0 Å². The molecule has 0 radical (unpaired) electrons. The molecule has 1 heterocycles. The number of rotatable bonds is 4. The lowest BCUT2D eigenvalue weighted by Gasteiger charge is -2.39. The van der Waals surface area contributed by atoms with E-state index in [0.29, 0.717) is 11.3 Å². The second-order valence-corrected chi connectivity index (χ2v) is 8.20. The zero-order valence-corrected chi connectivity index (χ0v) is 17.8. The van der Waals surface area contributed by atoms with Crippen LogP contribution in [0.15, 0.2) is 66.7 Å². The van der Waals surface area contributed by atoms with Gasteiger partial charge in [-0.05, 0) is 68.7 Å². The van der Waals surface area contributed by atoms with Crippen LogP contribution in [-0.2, 0) is 0 Å². The Balaban J connectivity index is 1.83. The zero-order chi connectivity index (χ0) is 22.1. The fraction of sp³-hybridized carbons (Fsp3) is 0.240. The van der Waals surface area contributed by atoms with Gasteiger partial charge in [0.05, 0.1) is 11.0 Å². The van der Waals surface area contributed by atoms with Crippen LogP contribution in [0.5, 0.6) is 0 Å². The topological polar surface area (TPSA) is 75.5 Å². The van der Waals surface area contributed by atoms with Crippen molar-refractivity contribution in [1.29, 1.82) is 0 Å². The van der Waals surface area contributed by atoms with E-state index in [1.807, 2.05) is 44.2 Å². The molecule has 1 aliphatic heterocycles. The molecular weight excluding hydrogens is 390 g/mol. The smallest absolute Gasteiger partial charge is 0.269 e. The van der Waals surface area contributed by atoms with Gasteiger partial charge < -0.3 is 10.2 Å². The maximum Gasteiger partial charge on any atom is 0.269 e. The first kappa shape index (κ1) is 20.6. The quantitative estimate of drug-likeness (QED) is 0.431. The first-order chi connectivity index (χ1) is 14.8. The molecule has 3 aromatic rings. The van der Waals surface area contributed by atoms with Crippen LogP contribution in [0.3, 0.4) is 0 Å². The van der Waals surface area contributed by atoms with Gasteiger partial charge in [0.25, 0.3) is 11.6 Å². The van der Waals surface area contributed by atoms with Crippen LogP contribution in [-0.4, -0.2) is 16.9 Å². The van der Waals surface area contributed by atoms with Gasteiger partial charge in [-0.3, -0.25) is 14.9 Å². The summed E-state index contributed by atoms with van der Waals surface area (Å²) in [5, 5.41) is 14.6. The van der Waals surface area contributed by atoms with Crippen LogP contribution in [0.2, 0.25) is 0 Å². The number of carbonyl (C=O) groups is 1. The minimum Gasteiger partial charge on any atom is -0.382 e. The van der Waals surface area contributed by atoms with Crippen LogP contribution in [0.25, 0.3) is 0 Å². The summed E-state index contributed by atoms with van der Waals surface area (Å²) >= 11 is 0. The standard InChI is InChI=1S/C25H25N3O3/c1-16-4-7-19(8-5-16)25(29)27(20-9-11-21(12-10-20)28(30)31)24-15-18(3)26-23-14-17(2)6-13-22(23)24/h4-14,18,24,26H,15H2,1-3H3. The Bertz CT molecular complexity index is 1120. The monoisotopic (exact) mass is 415 g/mol. The van der Waals surface area contributed by atoms with E-state index in [0.717, 1.165) is 28.8 Å². The van der Waals surface area contributed by atoms with Gasteiger partial charge in [0.2, 0.25) is 0 Å². The number of carbonyl (C=O) groups excluding carboxylic acids is 1. The number of fused-ring (bicyclic) bond motifs is 1. The molecular formula is C25H25N3O3. The molecule has 6 nitrogen and oxygen atoms in total. The molecule has 0 saturated carbocycles. The van der Waals surface area contributed by atoms with Crippen LogP contribution in [0.1, 0.15) is 46.4 Å². The Kier molecular flexibility index (Phi) is 5.46. The van der Waals surface area contributed by atoms with Gasteiger partial charge in [-0.2, -0.15) is 0 Å². The van der Waals surface area contributed by atoms with E-state index in [2.05, 4.69) is 24.4 Å². The normalized spacial score (nSPS) is 17.4. The number of hydrogen-bond donors (Lipinski definition) is 1. The minimum absolute atomic E-state index is 0.00110. The van der Waals surface area contributed by atoms with Crippen molar-refractivity contribution >= 4 is 23.0 Å². The molecule has 158 valence electrons. The Morgan fingerprint density at radius 2 is 1.65 bits per heavy atom. The Morgan fingerprint density at radius 1 is 1.00 bits per heavy atom. The van der Waals surface area contributed by atoms with Crippen molar-refractivity contribution in [3.05, 3.63) is 99.1 Å². The maximum atomic E-state index is 13.7. The molecule has 0 aromatic heterocycles. The third-order valence-corrected chi connectivity index (χ3v) is 5.71. The molecule has 3 aromatic carbocycles. The van der Waals surface area contributed by atoms with E-state index in [4.69, 9.17) is 0 Å². The number of hydrogen-bond acceptors (Lipinski definition) is 4. The molecule has 31 heavy (non-hydrogen) atoms. The molecule has 1 amide bonds. The number of aryl methyl sites for hydroxylation is 2. The first-order valence-corrected chi connectivity index (χ1v) is 10.4. The van der Waals surface area contributed by atoms with Gasteiger partial charge in [0.15, 0.2) is 0 Å². The van der Waals surface area contributed by atoms with Gasteiger partial charge in [-0.15, -0.1) is 0 Å². The number of nitro benzene ring substituents is 1. The summed E-state index contributed by atoms with van der Waals surface area (Å²) in [5.74, 6) is -0.125.